The molecule has 0 bridgehead atoms. The number of nitrogen functional groups attached to an aromatic ring is 1. The number of alkyl halides is 1. The van der Waals surface area contributed by atoms with Gasteiger partial charge in [0, 0.05) is 31.7 Å². The minimum atomic E-state index is -1.46. The number of benzene rings is 1. The van der Waals surface area contributed by atoms with Crippen molar-refractivity contribution in [3.63, 3.8) is 0 Å². The van der Waals surface area contributed by atoms with Crippen molar-refractivity contribution in [1.82, 2.24) is 4.57 Å². The molecular weight excluding hydrogens is 382 g/mol. The number of carbonyl (C=O) groups is 1. The number of halogens is 2. The predicted octanol–water partition coefficient (Wildman–Crippen LogP) is 2.19. The Kier molecular flexibility index (Phi) is 4.53. The molecule has 0 unspecified atom stereocenters. The molecule has 1 saturated heterocycles. The molecule has 2 aromatic rings. The summed E-state index contributed by atoms with van der Waals surface area (Å²) in [6.45, 7) is 4.70. The number of aromatic nitrogens is 1. The maximum Gasteiger partial charge on any atom is 0.341 e. The van der Waals surface area contributed by atoms with Gasteiger partial charge in [-0.2, -0.15) is 0 Å². The lowest BCUT2D eigenvalue weighted by Gasteiger charge is -2.26. The third-order valence-corrected chi connectivity index (χ3v) is 6.21. The quantitative estimate of drug-likeness (QED) is 0.671. The second kappa shape index (κ2) is 6.69. The monoisotopic (exact) mass is 406 g/mol. The fourth-order valence-electron chi connectivity index (χ4n) is 4.43. The van der Waals surface area contributed by atoms with Crippen LogP contribution in [0.2, 0.25) is 0 Å². The largest absolute Gasteiger partial charge is 0.477 e. The van der Waals surface area contributed by atoms with Gasteiger partial charge in [0.25, 0.3) is 0 Å². The lowest BCUT2D eigenvalue weighted by molar-refractivity contribution is 0.0694. The number of aromatic carboxylic acids is 1. The lowest BCUT2D eigenvalue weighted by atomic mass is 10.0. The van der Waals surface area contributed by atoms with Gasteiger partial charge in [0.15, 0.2) is 5.82 Å². The predicted molar refractivity (Wildman–Crippen MR) is 107 cm³/mol. The van der Waals surface area contributed by atoms with Crippen LogP contribution in [0.3, 0.4) is 0 Å². The van der Waals surface area contributed by atoms with Crippen LogP contribution >= 0.6 is 0 Å². The zero-order valence-corrected chi connectivity index (χ0v) is 16.3. The Morgan fingerprint density at radius 1 is 1.41 bits per heavy atom. The number of rotatable bonds is 4. The molecule has 1 aliphatic carbocycles. The van der Waals surface area contributed by atoms with E-state index in [-0.39, 0.29) is 29.5 Å². The number of carboxylic acids is 1. The third-order valence-electron chi connectivity index (χ3n) is 6.21. The fraction of sp³-hybridized carbons (Fsp3) is 0.500. The van der Waals surface area contributed by atoms with Crippen LogP contribution in [-0.4, -0.2) is 40.9 Å². The topological polar surface area (TPSA) is 115 Å². The zero-order chi connectivity index (χ0) is 21.2. The summed E-state index contributed by atoms with van der Waals surface area (Å²) in [6, 6.07) is -0.640. The molecule has 4 atom stereocenters. The second-order valence-corrected chi connectivity index (χ2v) is 8.18. The zero-order valence-electron chi connectivity index (χ0n) is 16.3. The van der Waals surface area contributed by atoms with E-state index in [1.54, 1.807) is 6.92 Å². The van der Waals surface area contributed by atoms with Crippen molar-refractivity contribution in [2.75, 3.05) is 23.7 Å². The minimum Gasteiger partial charge on any atom is -0.477 e. The minimum absolute atomic E-state index is 0.0452. The molecule has 9 heteroatoms. The summed E-state index contributed by atoms with van der Waals surface area (Å²) in [6.07, 6.45) is 1.01. The maximum atomic E-state index is 15.3. The van der Waals surface area contributed by atoms with Crippen LogP contribution in [0.5, 0.6) is 0 Å². The van der Waals surface area contributed by atoms with Crippen molar-refractivity contribution in [3.8, 4) is 0 Å². The molecule has 1 aromatic carbocycles. The highest BCUT2D eigenvalue weighted by Gasteiger charge is 2.41. The molecule has 0 radical (unpaired) electrons. The number of fused-ring (bicyclic) bond motifs is 1. The van der Waals surface area contributed by atoms with Crippen LogP contribution in [0.4, 0.5) is 20.2 Å². The van der Waals surface area contributed by atoms with Gasteiger partial charge >= 0.3 is 5.97 Å². The molecule has 0 spiro atoms. The Morgan fingerprint density at radius 2 is 2.07 bits per heavy atom. The Hall–Kier alpha value is -2.68. The first kappa shape index (κ1) is 19.6. The van der Waals surface area contributed by atoms with Crippen molar-refractivity contribution < 1.29 is 18.7 Å². The van der Waals surface area contributed by atoms with Crippen LogP contribution in [0, 0.1) is 18.7 Å². The highest BCUT2D eigenvalue weighted by Crippen LogP contribution is 2.44. The number of nitrogens with zero attached hydrogens (tertiary/aromatic N) is 2. The van der Waals surface area contributed by atoms with Gasteiger partial charge in [-0.1, -0.05) is 0 Å². The number of anilines is 2. The van der Waals surface area contributed by atoms with E-state index in [1.165, 1.54) is 4.57 Å². The normalized spacial score (nSPS) is 24.9. The Balaban J connectivity index is 2.01. The van der Waals surface area contributed by atoms with E-state index in [9.17, 15) is 19.1 Å². The molecule has 4 rings (SSSR count). The summed E-state index contributed by atoms with van der Waals surface area (Å²) in [5, 5.41) is 9.19. The van der Waals surface area contributed by atoms with Gasteiger partial charge in [-0.15, -0.1) is 0 Å². The second-order valence-electron chi connectivity index (χ2n) is 8.18. The van der Waals surface area contributed by atoms with Crippen LogP contribution in [0.15, 0.2) is 11.0 Å². The van der Waals surface area contributed by atoms with Gasteiger partial charge in [0.1, 0.15) is 11.7 Å². The molecule has 1 aromatic heterocycles. The Labute approximate surface area is 165 Å². The third kappa shape index (κ3) is 2.95. The summed E-state index contributed by atoms with van der Waals surface area (Å²) in [5.41, 5.74) is 11.2. The van der Waals surface area contributed by atoms with Gasteiger partial charge in [-0.3, -0.25) is 4.79 Å². The molecule has 2 aliphatic rings. The Morgan fingerprint density at radius 3 is 2.59 bits per heavy atom. The summed E-state index contributed by atoms with van der Waals surface area (Å²) >= 11 is 0. The van der Waals surface area contributed by atoms with E-state index in [4.69, 9.17) is 11.5 Å². The lowest BCUT2D eigenvalue weighted by Crippen LogP contribution is -2.30. The standard InChI is InChI=1S/C20H24F2N4O3/c1-8-17-14(19(27)11(20(28)29)7-26(17)13-5-12(13)21)16(24)15(22)18(8)25-4-3-10(6-25)9(2)23/h7,9-10,12-13H,3-6,23-24H2,1-2H3,(H,28,29)/t9-,10+,12-,13+/m0/s1. The average Bonchev–Trinajstić information content (AvgIpc) is 3.17. The number of hydrogen-bond acceptors (Lipinski definition) is 5. The molecule has 7 nitrogen and oxygen atoms in total. The van der Waals surface area contributed by atoms with Gasteiger partial charge in [0.2, 0.25) is 5.43 Å². The number of hydrogen-bond donors (Lipinski definition) is 3. The molecule has 2 fully saturated rings. The molecule has 0 amide bonds. The molecule has 1 saturated carbocycles. The fourth-order valence-corrected chi connectivity index (χ4v) is 4.43. The average molecular weight is 406 g/mol. The molecule has 156 valence electrons. The van der Waals surface area contributed by atoms with Crippen LogP contribution in [0.25, 0.3) is 10.9 Å². The number of pyridine rings is 1. The van der Waals surface area contributed by atoms with Crippen LogP contribution < -0.4 is 21.8 Å². The van der Waals surface area contributed by atoms with Crippen LogP contribution in [0.1, 0.15) is 41.7 Å². The van der Waals surface area contributed by atoms with Crippen molar-refractivity contribution in [2.45, 2.75) is 44.9 Å². The SMILES string of the molecule is Cc1c(N2CC[C@@H]([C@H](C)N)C2)c(F)c(N)c2c(=O)c(C(=O)O)cn([C@@H]3C[C@@H]3F)c12. The number of nitrogens with two attached hydrogens (primary N) is 2. The van der Waals surface area contributed by atoms with Gasteiger partial charge in [-0.25, -0.2) is 13.6 Å². The molecule has 1 aliphatic heterocycles. The van der Waals surface area contributed by atoms with Gasteiger partial charge in [0.05, 0.1) is 28.3 Å². The van der Waals surface area contributed by atoms with E-state index in [1.807, 2.05) is 11.8 Å². The Bertz CT molecular complexity index is 1080. The highest BCUT2D eigenvalue weighted by atomic mass is 19.1. The van der Waals surface area contributed by atoms with E-state index < -0.39 is 40.7 Å². The first-order chi connectivity index (χ1) is 13.6. The number of carboxylic acid groups (broad SMARTS) is 1. The molecule has 5 N–H and O–H groups in total. The highest BCUT2D eigenvalue weighted by molar-refractivity contribution is 6.01. The van der Waals surface area contributed by atoms with Crippen LogP contribution in [-0.2, 0) is 0 Å². The van der Waals surface area contributed by atoms with Crippen molar-refractivity contribution in [1.29, 1.82) is 0 Å². The summed E-state index contributed by atoms with van der Waals surface area (Å²) in [4.78, 5) is 26.2. The van der Waals surface area contributed by atoms with E-state index in [2.05, 4.69) is 0 Å². The first-order valence-corrected chi connectivity index (χ1v) is 9.67. The van der Waals surface area contributed by atoms with Crippen molar-refractivity contribution in [2.24, 2.45) is 11.7 Å². The molecule has 29 heavy (non-hydrogen) atoms. The van der Waals surface area contributed by atoms with E-state index in [0.717, 1.165) is 12.6 Å². The van der Waals surface area contributed by atoms with Gasteiger partial charge < -0.3 is 26.0 Å². The smallest absolute Gasteiger partial charge is 0.341 e. The summed E-state index contributed by atoms with van der Waals surface area (Å²) in [7, 11) is 0. The molecular formula is C20H24F2N4O3. The van der Waals surface area contributed by atoms with E-state index in [0.29, 0.717) is 24.2 Å². The number of aryl methyl sites for hydroxylation is 1. The van der Waals surface area contributed by atoms with Crippen molar-refractivity contribution >= 4 is 28.2 Å². The summed E-state index contributed by atoms with van der Waals surface area (Å²) in [5.74, 6) is -2.01. The molecule has 2 heterocycles. The maximum absolute atomic E-state index is 15.3. The van der Waals surface area contributed by atoms with Crippen molar-refractivity contribution in [3.05, 3.63) is 33.4 Å². The van der Waals surface area contributed by atoms with E-state index >= 15 is 4.39 Å². The first-order valence-electron chi connectivity index (χ1n) is 9.67. The summed E-state index contributed by atoms with van der Waals surface area (Å²) < 4.78 is 30.7. The van der Waals surface area contributed by atoms with Gasteiger partial charge in [-0.05, 0) is 31.7 Å².